The minimum Gasteiger partial charge on any atom is -0.375 e. The van der Waals surface area contributed by atoms with Gasteiger partial charge >= 0.3 is 0 Å². The Labute approximate surface area is 153 Å². The maximum absolute atomic E-state index is 11.2. The Balaban J connectivity index is 1.76. The molecule has 6 heteroatoms. The van der Waals surface area contributed by atoms with E-state index in [1.54, 1.807) is 0 Å². The van der Waals surface area contributed by atoms with Crippen molar-refractivity contribution in [2.75, 3.05) is 18.4 Å². The summed E-state index contributed by atoms with van der Waals surface area (Å²) in [6.07, 6.45) is 3.79. The van der Waals surface area contributed by atoms with Gasteiger partial charge in [-0.05, 0) is 49.2 Å². The molecule has 0 unspecified atom stereocenters. The van der Waals surface area contributed by atoms with Crippen LogP contribution < -0.4 is 5.32 Å². The van der Waals surface area contributed by atoms with Crippen LogP contribution in [0.15, 0.2) is 42.5 Å². The van der Waals surface area contributed by atoms with Crippen LogP contribution in [-0.2, 0) is 13.1 Å². The number of nitro benzene ring substituents is 1. The number of nitrogens with zero attached hydrogens (tertiary/aromatic N) is 3. The monoisotopic (exact) mass is 350 g/mol. The summed E-state index contributed by atoms with van der Waals surface area (Å²) in [7, 11) is 0. The zero-order valence-corrected chi connectivity index (χ0v) is 14.6. The lowest BCUT2D eigenvalue weighted by Gasteiger charge is -2.27. The molecule has 0 radical (unpaired) electrons. The van der Waals surface area contributed by atoms with Crippen molar-refractivity contribution in [3.63, 3.8) is 0 Å². The lowest BCUT2D eigenvalue weighted by atomic mass is 10.0. The first-order chi connectivity index (χ1) is 12.7. The third kappa shape index (κ3) is 4.38. The maximum Gasteiger partial charge on any atom is 0.292 e. The molecule has 26 heavy (non-hydrogen) atoms. The number of rotatable bonds is 6. The van der Waals surface area contributed by atoms with Crippen LogP contribution in [0, 0.1) is 21.4 Å². The quantitative estimate of drug-likeness (QED) is 0.627. The van der Waals surface area contributed by atoms with Gasteiger partial charge in [0.15, 0.2) is 0 Å². The van der Waals surface area contributed by atoms with Crippen molar-refractivity contribution in [1.29, 1.82) is 5.26 Å². The number of hydrogen-bond acceptors (Lipinski definition) is 5. The minimum absolute atomic E-state index is 0.0162. The van der Waals surface area contributed by atoms with Crippen molar-refractivity contribution in [1.82, 2.24) is 4.90 Å². The highest BCUT2D eigenvalue weighted by Crippen LogP contribution is 2.26. The number of nitrogens with one attached hydrogen (secondary N) is 1. The predicted octanol–water partition coefficient (Wildman–Crippen LogP) is 4.06. The van der Waals surface area contributed by atoms with Crippen molar-refractivity contribution in [3.8, 4) is 6.07 Å². The summed E-state index contributed by atoms with van der Waals surface area (Å²) in [5, 5.41) is 23.4. The Morgan fingerprint density at radius 3 is 2.54 bits per heavy atom. The molecule has 0 saturated carbocycles. The molecule has 3 rings (SSSR count). The summed E-state index contributed by atoms with van der Waals surface area (Å²) >= 11 is 0. The van der Waals surface area contributed by atoms with Gasteiger partial charge in [-0.25, -0.2) is 0 Å². The molecule has 0 spiro atoms. The van der Waals surface area contributed by atoms with Crippen LogP contribution in [0.3, 0.4) is 0 Å². The summed E-state index contributed by atoms with van der Waals surface area (Å²) in [5.74, 6) is 0. The first kappa shape index (κ1) is 17.9. The van der Waals surface area contributed by atoms with Gasteiger partial charge in [0.1, 0.15) is 5.69 Å². The van der Waals surface area contributed by atoms with Gasteiger partial charge in [0.05, 0.1) is 16.6 Å². The lowest BCUT2D eigenvalue weighted by molar-refractivity contribution is -0.384. The van der Waals surface area contributed by atoms with E-state index in [0.29, 0.717) is 17.8 Å². The molecule has 0 atom stereocenters. The standard InChI is InChI=1S/C20H22N4O2/c21-13-16-8-9-20(24(25)26)19(12-16)22-14-17-6-2-3-7-18(17)15-23-10-4-1-5-11-23/h2-3,6-9,12,22H,1,4-5,10-11,14-15H2. The van der Waals surface area contributed by atoms with Gasteiger partial charge in [-0.3, -0.25) is 15.0 Å². The summed E-state index contributed by atoms with van der Waals surface area (Å²) in [6.45, 7) is 3.63. The van der Waals surface area contributed by atoms with Gasteiger partial charge in [-0.2, -0.15) is 5.26 Å². The van der Waals surface area contributed by atoms with E-state index in [2.05, 4.69) is 16.3 Å². The summed E-state index contributed by atoms with van der Waals surface area (Å²) in [5.41, 5.74) is 3.12. The van der Waals surface area contributed by atoms with Gasteiger partial charge in [-0.15, -0.1) is 0 Å². The molecule has 0 aromatic heterocycles. The molecule has 6 nitrogen and oxygen atoms in total. The molecule has 1 N–H and O–H groups in total. The largest absolute Gasteiger partial charge is 0.375 e. The maximum atomic E-state index is 11.2. The molecule has 2 aromatic carbocycles. The van der Waals surface area contributed by atoms with E-state index in [0.717, 1.165) is 25.2 Å². The normalized spacial score (nSPS) is 14.6. The van der Waals surface area contributed by atoms with Crippen molar-refractivity contribution in [2.24, 2.45) is 0 Å². The first-order valence-electron chi connectivity index (χ1n) is 8.89. The van der Waals surface area contributed by atoms with E-state index in [9.17, 15) is 10.1 Å². The van der Waals surface area contributed by atoms with Crippen LogP contribution in [0.1, 0.15) is 36.0 Å². The Kier molecular flexibility index (Phi) is 5.82. The Bertz CT molecular complexity index is 823. The summed E-state index contributed by atoms with van der Waals surface area (Å²) < 4.78 is 0. The highest BCUT2D eigenvalue weighted by molar-refractivity contribution is 5.64. The van der Waals surface area contributed by atoms with Crippen LogP contribution in [0.5, 0.6) is 0 Å². The minimum atomic E-state index is -0.427. The second kappa shape index (κ2) is 8.45. The molecule has 1 fully saturated rings. The molecule has 134 valence electrons. The van der Waals surface area contributed by atoms with Crippen LogP contribution in [0.4, 0.5) is 11.4 Å². The molecule has 0 aliphatic carbocycles. The molecule has 1 aliphatic heterocycles. The van der Waals surface area contributed by atoms with Gasteiger partial charge in [-0.1, -0.05) is 30.7 Å². The number of nitro groups is 1. The number of likely N-dealkylation sites (tertiary alicyclic amines) is 1. The number of nitriles is 1. The fourth-order valence-electron chi connectivity index (χ4n) is 3.34. The third-order valence-electron chi connectivity index (χ3n) is 4.75. The van der Waals surface area contributed by atoms with Crippen molar-refractivity contribution < 1.29 is 4.92 Å². The first-order valence-corrected chi connectivity index (χ1v) is 8.89. The molecule has 0 amide bonds. The molecule has 2 aromatic rings. The zero-order chi connectivity index (χ0) is 18.4. The molecular formula is C20H22N4O2. The second-order valence-electron chi connectivity index (χ2n) is 6.56. The highest BCUT2D eigenvalue weighted by Gasteiger charge is 2.16. The van der Waals surface area contributed by atoms with E-state index in [-0.39, 0.29) is 5.69 Å². The predicted molar refractivity (Wildman–Crippen MR) is 101 cm³/mol. The fourth-order valence-corrected chi connectivity index (χ4v) is 3.34. The average molecular weight is 350 g/mol. The van der Waals surface area contributed by atoms with E-state index in [4.69, 9.17) is 5.26 Å². The summed E-state index contributed by atoms with van der Waals surface area (Å²) in [6, 6.07) is 14.6. The van der Waals surface area contributed by atoms with Crippen LogP contribution in [0.2, 0.25) is 0 Å². The molecule has 1 aliphatic rings. The molecule has 0 bridgehead atoms. The van der Waals surface area contributed by atoms with E-state index >= 15 is 0 Å². The van der Waals surface area contributed by atoms with E-state index in [1.807, 2.05) is 24.3 Å². The third-order valence-corrected chi connectivity index (χ3v) is 4.75. The van der Waals surface area contributed by atoms with Crippen LogP contribution in [0.25, 0.3) is 0 Å². The highest BCUT2D eigenvalue weighted by atomic mass is 16.6. The van der Waals surface area contributed by atoms with E-state index < -0.39 is 4.92 Å². The SMILES string of the molecule is N#Cc1ccc([N+](=O)[O-])c(NCc2ccccc2CN2CCCCC2)c1. The van der Waals surface area contributed by atoms with Crippen molar-refractivity contribution >= 4 is 11.4 Å². The average Bonchev–Trinajstić information content (AvgIpc) is 2.67. The topological polar surface area (TPSA) is 82.2 Å². The smallest absolute Gasteiger partial charge is 0.292 e. The molecule has 1 saturated heterocycles. The van der Waals surface area contributed by atoms with Crippen LogP contribution >= 0.6 is 0 Å². The van der Waals surface area contributed by atoms with Gasteiger partial charge in [0.2, 0.25) is 0 Å². The van der Waals surface area contributed by atoms with Crippen molar-refractivity contribution in [3.05, 3.63) is 69.3 Å². The number of benzene rings is 2. The Hall–Kier alpha value is -2.91. The lowest BCUT2D eigenvalue weighted by Crippen LogP contribution is -2.29. The Morgan fingerprint density at radius 1 is 1.12 bits per heavy atom. The Morgan fingerprint density at radius 2 is 1.85 bits per heavy atom. The fraction of sp³-hybridized carbons (Fsp3) is 0.350. The molecule has 1 heterocycles. The van der Waals surface area contributed by atoms with Gasteiger partial charge < -0.3 is 5.32 Å². The number of piperidine rings is 1. The van der Waals surface area contributed by atoms with Gasteiger partial charge in [0.25, 0.3) is 5.69 Å². The van der Waals surface area contributed by atoms with Crippen molar-refractivity contribution in [2.45, 2.75) is 32.4 Å². The zero-order valence-electron chi connectivity index (χ0n) is 14.6. The summed E-state index contributed by atoms with van der Waals surface area (Å²) in [4.78, 5) is 13.3. The number of anilines is 1. The van der Waals surface area contributed by atoms with Crippen LogP contribution in [-0.4, -0.2) is 22.9 Å². The second-order valence-corrected chi connectivity index (χ2v) is 6.56. The van der Waals surface area contributed by atoms with E-state index in [1.165, 1.54) is 43.0 Å². The molecular weight excluding hydrogens is 328 g/mol. The number of hydrogen-bond donors (Lipinski definition) is 1. The van der Waals surface area contributed by atoms with Gasteiger partial charge in [0, 0.05) is 19.2 Å².